The first-order chi connectivity index (χ1) is 11.3. The first kappa shape index (κ1) is 15.4. The highest BCUT2D eigenvalue weighted by atomic mass is 16.5. The second-order valence-electron chi connectivity index (χ2n) is 5.88. The minimum Gasteiger partial charge on any atom is -0.497 e. The van der Waals surface area contributed by atoms with E-state index < -0.39 is 0 Å². The Morgan fingerprint density at radius 2 is 1.87 bits per heavy atom. The van der Waals surface area contributed by atoms with Gasteiger partial charge in [0.25, 0.3) is 0 Å². The molecule has 0 aliphatic carbocycles. The van der Waals surface area contributed by atoms with Gasteiger partial charge >= 0.3 is 0 Å². The number of hydrogen-bond acceptors (Lipinski definition) is 2. The molecule has 1 aliphatic rings. The lowest BCUT2D eigenvalue weighted by atomic mass is 9.94. The number of hydrogen-bond donors (Lipinski definition) is 0. The third-order valence-electron chi connectivity index (χ3n) is 4.40. The lowest BCUT2D eigenvalue weighted by Gasteiger charge is -2.34. The summed E-state index contributed by atoms with van der Waals surface area (Å²) >= 11 is 0. The van der Waals surface area contributed by atoms with Crippen molar-refractivity contribution in [3.05, 3.63) is 84.6 Å². The Balaban J connectivity index is 1.84. The molecule has 0 saturated carbocycles. The van der Waals surface area contributed by atoms with Crippen LogP contribution in [0.4, 0.5) is 0 Å². The van der Waals surface area contributed by atoms with E-state index in [2.05, 4.69) is 66.2 Å². The average Bonchev–Trinajstić information content (AvgIpc) is 2.62. The lowest BCUT2D eigenvalue weighted by molar-refractivity contribution is 0.289. The number of benzene rings is 2. The number of nitrogens with zero attached hydrogens (tertiary/aromatic N) is 1. The predicted molar refractivity (Wildman–Crippen MR) is 96.2 cm³/mol. The molecule has 0 bridgehead atoms. The second-order valence-corrected chi connectivity index (χ2v) is 5.88. The van der Waals surface area contributed by atoms with Crippen LogP contribution in [0.25, 0.3) is 5.57 Å². The molecule has 0 amide bonds. The van der Waals surface area contributed by atoms with E-state index in [1.54, 1.807) is 7.11 Å². The van der Waals surface area contributed by atoms with Crippen LogP contribution < -0.4 is 4.74 Å². The Morgan fingerprint density at radius 1 is 1.13 bits per heavy atom. The maximum absolute atomic E-state index is 5.25. The van der Waals surface area contributed by atoms with Crippen LogP contribution in [0.15, 0.2) is 73.5 Å². The van der Waals surface area contributed by atoms with Crippen molar-refractivity contribution in [3.8, 4) is 5.75 Å². The van der Waals surface area contributed by atoms with Crippen LogP contribution in [0.1, 0.15) is 24.0 Å². The van der Waals surface area contributed by atoms with Gasteiger partial charge in [0, 0.05) is 18.8 Å². The van der Waals surface area contributed by atoms with Crippen molar-refractivity contribution < 1.29 is 4.74 Å². The molecule has 2 aromatic carbocycles. The third-order valence-corrected chi connectivity index (χ3v) is 4.40. The minimum atomic E-state index is 0.400. The van der Waals surface area contributed by atoms with Crippen LogP contribution >= 0.6 is 0 Å². The van der Waals surface area contributed by atoms with E-state index in [9.17, 15) is 0 Å². The lowest BCUT2D eigenvalue weighted by Crippen LogP contribution is -2.31. The fourth-order valence-electron chi connectivity index (χ4n) is 3.06. The first-order valence-corrected chi connectivity index (χ1v) is 8.07. The molecule has 118 valence electrons. The summed E-state index contributed by atoms with van der Waals surface area (Å²) < 4.78 is 5.25. The molecule has 2 heteroatoms. The van der Waals surface area contributed by atoms with Crippen molar-refractivity contribution in [3.63, 3.8) is 0 Å². The summed E-state index contributed by atoms with van der Waals surface area (Å²) in [6.45, 7) is 4.92. The molecule has 0 radical (unpaired) electrons. The summed E-state index contributed by atoms with van der Waals surface area (Å²) in [6, 6.07) is 19.3. The van der Waals surface area contributed by atoms with Gasteiger partial charge in [-0.25, -0.2) is 0 Å². The highest BCUT2D eigenvalue weighted by Crippen LogP contribution is 2.30. The van der Waals surface area contributed by atoms with Gasteiger partial charge in [0.15, 0.2) is 0 Å². The summed E-state index contributed by atoms with van der Waals surface area (Å²) in [6.07, 6.45) is 6.54. The summed E-state index contributed by atoms with van der Waals surface area (Å²) in [4.78, 5) is 2.39. The van der Waals surface area contributed by atoms with Gasteiger partial charge in [-0.3, -0.25) is 0 Å². The van der Waals surface area contributed by atoms with E-state index in [0.29, 0.717) is 6.04 Å². The van der Waals surface area contributed by atoms with Crippen LogP contribution in [0.5, 0.6) is 5.75 Å². The van der Waals surface area contributed by atoms with Gasteiger partial charge in [-0.15, -0.1) is 6.58 Å². The van der Waals surface area contributed by atoms with Crippen molar-refractivity contribution in [2.75, 3.05) is 7.11 Å². The Bertz CT molecular complexity index is 673. The van der Waals surface area contributed by atoms with E-state index in [1.165, 1.54) is 16.7 Å². The molecule has 0 fully saturated rings. The fraction of sp³-hybridized carbons (Fsp3) is 0.238. The van der Waals surface area contributed by atoms with Crippen LogP contribution in [0.3, 0.4) is 0 Å². The molecular weight excluding hydrogens is 282 g/mol. The zero-order valence-electron chi connectivity index (χ0n) is 13.6. The zero-order valence-corrected chi connectivity index (χ0v) is 13.6. The Morgan fingerprint density at radius 3 is 2.52 bits per heavy atom. The molecule has 0 saturated heterocycles. The molecule has 3 rings (SSSR count). The largest absolute Gasteiger partial charge is 0.497 e. The molecule has 2 nitrogen and oxygen atoms in total. The number of rotatable bonds is 5. The summed E-state index contributed by atoms with van der Waals surface area (Å²) in [5.41, 5.74) is 3.97. The van der Waals surface area contributed by atoms with Gasteiger partial charge in [-0.05, 0) is 41.7 Å². The van der Waals surface area contributed by atoms with Gasteiger partial charge in [0.1, 0.15) is 5.75 Å². The molecule has 23 heavy (non-hydrogen) atoms. The summed E-state index contributed by atoms with van der Waals surface area (Å²) in [7, 11) is 1.70. The van der Waals surface area contributed by atoms with Crippen LogP contribution in [0, 0.1) is 0 Å². The van der Waals surface area contributed by atoms with Crippen LogP contribution in [0.2, 0.25) is 0 Å². The Labute approximate surface area is 138 Å². The van der Waals surface area contributed by atoms with Crippen LogP contribution in [-0.2, 0) is 6.54 Å². The summed E-state index contributed by atoms with van der Waals surface area (Å²) in [5.74, 6) is 0.898. The van der Waals surface area contributed by atoms with Gasteiger partial charge in [-0.1, -0.05) is 48.5 Å². The second kappa shape index (κ2) is 7.19. The standard InChI is InChI=1S/C21H23NO/c1-3-20-12-9-19(18-10-13-21(23-2)14-11-18)16-22(20)15-17-7-5-4-6-8-17/h3-8,10-11,13-14,16,20H,1,9,12,15H2,2H3/t20-/m0/s1. The van der Waals surface area contributed by atoms with Crippen molar-refractivity contribution >= 4 is 5.57 Å². The van der Waals surface area contributed by atoms with Crippen molar-refractivity contribution in [1.29, 1.82) is 0 Å². The number of allylic oxidation sites excluding steroid dienone is 1. The van der Waals surface area contributed by atoms with Gasteiger partial charge < -0.3 is 9.64 Å². The SMILES string of the molecule is C=C[C@H]1CCC(c2ccc(OC)cc2)=CN1Cc1ccccc1. The molecule has 1 atom stereocenters. The maximum Gasteiger partial charge on any atom is 0.118 e. The first-order valence-electron chi connectivity index (χ1n) is 8.07. The Kier molecular flexibility index (Phi) is 4.82. The van der Waals surface area contributed by atoms with E-state index in [4.69, 9.17) is 4.74 Å². The van der Waals surface area contributed by atoms with Crippen molar-refractivity contribution in [2.45, 2.75) is 25.4 Å². The fourth-order valence-corrected chi connectivity index (χ4v) is 3.06. The third kappa shape index (κ3) is 3.65. The molecule has 0 spiro atoms. The topological polar surface area (TPSA) is 12.5 Å². The molecule has 1 heterocycles. The molecule has 2 aromatic rings. The minimum absolute atomic E-state index is 0.400. The van der Waals surface area contributed by atoms with Gasteiger partial charge in [-0.2, -0.15) is 0 Å². The summed E-state index contributed by atoms with van der Waals surface area (Å²) in [5, 5.41) is 0. The zero-order chi connectivity index (χ0) is 16.1. The predicted octanol–water partition coefficient (Wildman–Crippen LogP) is 4.89. The van der Waals surface area contributed by atoms with Crippen LogP contribution in [-0.4, -0.2) is 18.1 Å². The van der Waals surface area contributed by atoms with E-state index in [0.717, 1.165) is 25.1 Å². The maximum atomic E-state index is 5.25. The molecule has 0 aromatic heterocycles. The Hall–Kier alpha value is -2.48. The monoisotopic (exact) mass is 305 g/mol. The smallest absolute Gasteiger partial charge is 0.118 e. The van der Waals surface area contributed by atoms with E-state index in [1.807, 2.05) is 12.1 Å². The molecule has 0 N–H and O–H groups in total. The molecular formula is C21H23NO. The average molecular weight is 305 g/mol. The normalized spacial score (nSPS) is 17.5. The van der Waals surface area contributed by atoms with Gasteiger partial charge in [0.2, 0.25) is 0 Å². The highest BCUT2D eigenvalue weighted by molar-refractivity contribution is 5.66. The molecule has 0 unspecified atom stereocenters. The highest BCUT2D eigenvalue weighted by Gasteiger charge is 2.20. The quantitative estimate of drug-likeness (QED) is 0.729. The van der Waals surface area contributed by atoms with Crippen molar-refractivity contribution in [1.82, 2.24) is 4.90 Å². The number of ether oxygens (including phenoxy) is 1. The van der Waals surface area contributed by atoms with E-state index >= 15 is 0 Å². The van der Waals surface area contributed by atoms with E-state index in [-0.39, 0.29) is 0 Å². The number of methoxy groups -OCH3 is 1. The van der Waals surface area contributed by atoms with Gasteiger partial charge in [0.05, 0.1) is 7.11 Å². The molecule has 1 aliphatic heterocycles. The van der Waals surface area contributed by atoms with Crippen molar-refractivity contribution in [2.24, 2.45) is 0 Å².